The molecule has 9 nitrogen and oxygen atoms in total. The Morgan fingerprint density at radius 3 is 2.48 bits per heavy atom. The maximum absolute atomic E-state index is 13.2. The molecule has 0 radical (unpaired) electrons. The number of aryl methyl sites for hydroxylation is 1. The molecule has 148 valence electrons. The van der Waals surface area contributed by atoms with Crippen molar-refractivity contribution in [2.75, 3.05) is 19.6 Å². The van der Waals surface area contributed by atoms with Gasteiger partial charge in [-0.15, -0.1) is 0 Å². The molecule has 1 fully saturated rings. The molecule has 1 aliphatic heterocycles. The van der Waals surface area contributed by atoms with Crippen molar-refractivity contribution in [2.45, 2.75) is 19.4 Å². The minimum absolute atomic E-state index is 0.121. The highest BCUT2D eigenvalue weighted by Crippen LogP contribution is 2.26. The molecule has 29 heavy (non-hydrogen) atoms. The van der Waals surface area contributed by atoms with Crippen molar-refractivity contribution >= 4 is 11.8 Å². The summed E-state index contributed by atoms with van der Waals surface area (Å²) in [5, 5.41) is 3.86. The normalized spacial score (nSPS) is 17.1. The first-order chi connectivity index (χ1) is 14.1. The monoisotopic (exact) mass is 392 g/mol. The molecular formula is C20H20N6O3. The Hall–Kier alpha value is -3.62. The fourth-order valence-corrected chi connectivity index (χ4v) is 3.37. The number of nitrogens with zero attached hydrogens (tertiary/aromatic N) is 6. The van der Waals surface area contributed by atoms with E-state index in [1.54, 1.807) is 34.9 Å². The van der Waals surface area contributed by atoms with Crippen molar-refractivity contribution in [1.82, 2.24) is 29.9 Å². The van der Waals surface area contributed by atoms with Crippen LogP contribution in [-0.4, -0.2) is 61.4 Å². The summed E-state index contributed by atoms with van der Waals surface area (Å²) in [7, 11) is 0. The molecule has 0 N–H and O–H groups in total. The van der Waals surface area contributed by atoms with Crippen molar-refractivity contribution in [2.24, 2.45) is 0 Å². The van der Waals surface area contributed by atoms with Gasteiger partial charge in [-0.3, -0.25) is 9.59 Å². The minimum atomic E-state index is -0.556. The summed E-state index contributed by atoms with van der Waals surface area (Å²) >= 11 is 0. The van der Waals surface area contributed by atoms with Crippen LogP contribution in [0.2, 0.25) is 0 Å². The van der Waals surface area contributed by atoms with Gasteiger partial charge in [0.1, 0.15) is 6.04 Å². The lowest BCUT2D eigenvalue weighted by molar-refractivity contribution is 0.0588. The summed E-state index contributed by atoms with van der Waals surface area (Å²) in [6.07, 6.45) is 3.67. The summed E-state index contributed by atoms with van der Waals surface area (Å²) < 4.78 is 5.39. The third kappa shape index (κ3) is 3.98. The molecular weight excluding hydrogens is 372 g/mol. The van der Waals surface area contributed by atoms with Gasteiger partial charge in [0.2, 0.25) is 5.82 Å². The molecule has 0 saturated carbocycles. The van der Waals surface area contributed by atoms with Crippen LogP contribution >= 0.6 is 0 Å². The fourth-order valence-electron chi connectivity index (χ4n) is 3.37. The van der Waals surface area contributed by atoms with Crippen LogP contribution in [0.15, 0.2) is 53.3 Å². The Morgan fingerprint density at radius 1 is 1.03 bits per heavy atom. The molecule has 0 aliphatic carbocycles. The van der Waals surface area contributed by atoms with Gasteiger partial charge in [-0.1, -0.05) is 23.4 Å². The van der Waals surface area contributed by atoms with Gasteiger partial charge in [0.05, 0.1) is 6.54 Å². The van der Waals surface area contributed by atoms with Crippen LogP contribution in [0.5, 0.6) is 0 Å². The second-order valence-electron chi connectivity index (χ2n) is 6.74. The van der Waals surface area contributed by atoms with E-state index in [2.05, 4.69) is 20.1 Å². The summed E-state index contributed by atoms with van der Waals surface area (Å²) in [5.41, 5.74) is 0.569. The second-order valence-corrected chi connectivity index (χ2v) is 6.74. The first-order valence-electron chi connectivity index (χ1n) is 9.36. The van der Waals surface area contributed by atoms with Gasteiger partial charge < -0.3 is 14.3 Å². The van der Waals surface area contributed by atoms with Crippen molar-refractivity contribution < 1.29 is 14.1 Å². The predicted octanol–water partition coefficient (Wildman–Crippen LogP) is 1.90. The van der Waals surface area contributed by atoms with Gasteiger partial charge >= 0.3 is 0 Å². The van der Waals surface area contributed by atoms with E-state index in [0.29, 0.717) is 36.8 Å². The fraction of sp³-hybridized carbons (Fsp3) is 0.300. The van der Waals surface area contributed by atoms with Crippen LogP contribution in [-0.2, 0) is 0 Å². The molecule has 3 heterocycles. The van der Waals surface area contributed by atoms with Crippen LogP contribution < -0.4 is 0 Å². The average Bonchev–Trinajstić information content (AvgIpc) is 3.07. The Bertz CT molecular complexity index is 992. The summed E-state index contributed by atoms with van der Waals surface area (Å²) in [6.45, 7) is 2.86. The van der Waals surface area contributed by atoms with Crippen LogP contribution in [0.25, 0.3) is 0 Å². The van der Waals surface area contributed by atoms with Gasteiger partial charge in [0.15, 0.2) is 5.82 Å². The molecule has 2 aromatic heterocycles. The highest BCUT2D eigenvalue weighted by Gasteiger charge is 2.36. The molecule has 0 bridgehead atoms. The van der Waals surface area contributed by atoms with E-state index in [4.69, 9.17) is 4.52 Å². The number of benzene rings is 1. The van der Waals surface area contributed by atoms with Gasteiger partial charge in [0.25, 0.3) is 17.7 Å². The maximum atomic E-state index is 13.2. The van der Waals surface area contributed by atoms with E-state index in [1.807, 2.05) is 18.2 Å². The second kappa shape index (κ2) is 8.17. The first-order valence-corrected chi connectivity index (χ1v) is 9.36. The quantitative estimate of drug-likeness (QED) is 0.670. The lowest BCUT2D eigenvalue weighted by Crippen LogP contribution is -2.40. The zero-order valence-corrected chi connectivity index (χ0v) is 15.9. The van der Waals surface area contributed by atoms with E-state index in [9.17, 15) is 9.59 Å². The van der Waals surface area contributed by atoms with E-state index in [1.165, 1.54) is 12.4 Å². The molecule has 1 saturated heterocycles. The number of aromatic nitrogens is 4. The maximum Gasteiger partial charge on any atom is 0.291 e. The van der Waals surface area contributed by atoms with E-state index in [0.717, 1.165) is 0 Å². The zero-order valence-electron chi connectivity index (χ0n) is 15.9. The van der Waals surface area contributed by atoms with Crippen molar-refractivity contribution in [1.29, 1.82) is 0 Å². The zero-order chi connectivity index (χ0) is 20.2. The lowest BCUT2D eigenvalue weighted by Gasteiger charge is -2.29. The molecule has 3 aromatic rings. The van der Waals surface area contributed by atoms with E-state index >= 15 is 0 Å². The standard InChI is InChI=1S/C20H20N6O3/c1-14-23-18(29-24-14)16-13-25(20(28)17-21-9-5-10-22-17)11-6-12-26(16)19(27)15-7-3-2-4-8-15/h2-5,7-10,16H,6,11-13H2,1H3. The highest BCUT2D eigenvalue weighted by molar-refractivity contribution is 5.94. The molecule has 2 amide bonds. The number of carbonyl (C=O) groups excluding carboxylic acids is 2. The third-order valence-electron chi connectivity index (χ3n) is 4.75. The Morgan fingerprint density at radius 2 is 1.79 bits per heavy atom. The predicted molar refractivity (Wildman–Crippen MR) is 102 cm³/mol. The van der Waals surface area contributed by atoms with Gasteiger partial charge in [-0.25, -0.2) is 9.97 Å². The third-order valence-corrected chi connectivity index (χ3v) is 4.75. The Kier molecular flexibility index (Phi) is 5.28. The number of hydrogen-bond donors (Lipinski definition) is 0. The van der Waals surface area contributed by atoms with Crippen LogP contribution in [0, 0.1) is 6.92 Å². The molecule has 1 aromatic carbocycles. The first kappa shape index (κ1) is 18.7. The Balaban J connectivity index is 1.66. The number of amides is 2. The molecule has 4 rings (SSSR count). The minimum Gasteiger partial charge on any atom is -0.337 e. The molecule has 1 aliphatic rings. The molecule has 1 unspecified atom stereocenters. The summed E-state index contributed by atoms with van der Waals surface area (Å²) in [5.74, 6) is 0.467. The van der Waals surface area contributed by atoms with Crippen molar-refractivity contribution in [3.63, 3.8) is 0 Å². The molecule has 9 heteroatoms. The van der Waals surface area contributed by atoms with Crippen LogP contribution in [0.1, 0.15) is 45.2 Å². The highest BCUT2D eigenvalue weighted by atomic mass is 16.5. The van der Waals surface area contributed by atoms with Gasteiger partial charge in [-0.05, 0) is 31.5 Å². The topological polar surface area (TPSA) is 105 Å². The number of carbonyl (C=O) groups is 2. The molecule has 1 atom stereocenters. The Labute approximate surface area is 167 Å². The summed E-state index contributed by atoms with van der Waals surface area (Å²) in [6, 6.07) is 10.1. The van der Waals surface area contributed by atoms with E-state index < -0.39 is 6.04 Å². The summed E-state index contributed by atoms with van der Waals surface area (Å²) in [4.78, 5) is 41.9. The van der Waals surface area contributed by atoms with Crippen molar-refractivity contribution in [3.8, 4) is 0 Å². The number of rotatable bonds is 3. The molecule has 0 spiro atoms. The van der Waals surface area contributed by atoms with Crippen LogP contribution in [0.4, 0.5) is 0 Å². The largest absolute Gasteiger partial charge is 0.337 e. The smallest absolute Gasteiger partial charge is 0.291 e. The van der Waals surface area contributed by atoms with Gasteiger partial charge in [0, 0.05) is 31.0 Å². The SMILES string of the molecule is Cc1noc(C2CN(C(=O)c3ncccn3)CCCN2C(=O)c2ccccc2)n1. The lowest BCUT2D eigenvalue weighted by atomic mass is 10.1. The van der Waals surface area contributed by atoms with E-state index in [-0.39, 0.29) is 24.2 Å². The average molecular weight is 392 g/mol. The number of hydrogen-bond acceptors (Lipinski definition) is 7. The van der Waals surface area contributed by atoms with Gasteiger partial charge in [-0.2, -0.15) is 4.98 Å². The van der Waals surface area contributed by atoms with Crippen LogP contribution in [0.3, 0.4) is 0 Å². The van der Waals surface area contributed by atoms with Crippen molar-refractivity contribution in [3.05, 3.63) is 71.9 Å².